The van der Waals surface area contributed by atoms with E-state index in [1.54, 1.807) is 13.2 Å². The number of methoxy groups -OCH3 is 1. The Morgan fingerprint density at radius 3 is 2.80 bits per heavy atom. The topological polar surface area (TPSA) is 38.3 Å². The highest BCUT2D eigenvalue weighted by atomic mass is 16.5. The molecule has 0 spiro atoms. The lowest BCUT2D eigenvalue weighted by Crippen LogP contribution is -2.07. The molecule has 4 heteroatoms. The van der Waals surface area contributed by atoms with Crippen LogP contribution in [0, 0.1) is 0 Å². The van der Waals surface area contributed by atoms with Gasteiger partial charge in [-0.05, 0) is 14.0 Å². The smallest absolute Gasteiger partial charge is 0.316 e. The van der Waals surface area contributed by atoms with Crippen molar-refractivity contribution in [2.45, 2.75) is 20.0 Å². The highest BCUT2D eigenvalue weighted by Crippen LogP contribution is 2.19. The van der Waals surface area contributed by atoms with Gasteiger partial charge in [-0.2, -0.15) is 4.98 Å². The van der Waals surface area contributed by atoms with E-state index in [9.17, 15) is 0 Å². The van der Waals surface area contributed by atoms with E-state index in [1.807, 2.05) is 13.1 Å². The number of ether oxygens (including phenoxy) is 1. The zero-order valence-electron chi connectivity index (χ0n) is 9.53. The van der Waals surface area contributed by atoms with Crippen LogP contribution in [0.1, 0.15) is 18.2 Å². The average Bonchev–Trinajstić information content (AvgIpc) is 2.57. The van der Waals surface area contributed by atoms with Gasteiger partial charge in [0.1, 0.15) is 0 Å². The fourth-order valence-electron chi connectivity index (χ4n) is 1.39. The Kier molecular flexibility index (Phi) is 4.24. The first-order valence-corrected chi connectivity index (χ1v) is 4.85. The maximum atomic E-state index is 4.93. The monoisotopic (exact) mass is 207 g/mol. The van der Waals surface area contributed by atoms with Gasteiger partial charge < -0.3 is 4.74 Å². The van der Waals surface area contributed by atoms with Gasteiger partial charge in [0.15, 0.2) is 0 Å². The molecule has 15 heavy (non-hydrogen) atoms. The van der Waals surface area contributed by atoms with E-state index in [4.69, 9.17) is 4.74 Å². The van der Waals surface area contributed by atoms with E-state index >= 15 is 0 Å². The summed E-state index contributed by atoms with van der Waals surface area (Å²) in [6.07, 6.45) is 3.59. The first-order valence-electron chi connectivity index (χ1n) is 4.85. The molecule has 0 saturated heterocycles. The molecular weight excluding hydrogens is 190 g/mol. The zero-order chi connectivity index (χ0) is 11.3. The number of fused-ring (bicyclic) bond motifs is 1. The number of rotatable bonds is 1. The van der Waals surface area contributed by atoms with Crippen molar-refractivity contribution in [1.82, 2.24) is 14.9 Å². The lowest BCUT2D eigenvalue weighted by atomic mass is 10.3. The second-order valence-corrected chi connectivity index (χ2v) is 3.41. The van der Waals surface area contributed by atoms with E-state index < -0.39 is 0 Å². The minimum Gasteiger partial charge on any atom is -0.467 e. The molecule has 1 aromatic heterocycles. The summed E-state index contributed by atoms with van der Waals surface area (Å²) in [5, 5.41) is 0. The van der Waals surface area contributed by atoms with E-state index in [1.165, 1.54) is 5.56 Å². The summed E-state index contributed by atoms with van der Waals surface area (Å²) in [6.45, 7) is 7.09. The minimum absolute atomic E-state index is 0.462. The number of hydrogen-bond donors (Lipinski definition) is 0. The first-order chi connectivity index (χ1) is 7.21. The SMILES string of the molecule is C=CC.COc1ncc2c(n1)CN(C)C2. The molecular formula is C11H17N3O. The molecule has 0 aliphatic carbocycles. The number of nitrogens with zero attached hydrogens (tertiary/aromatic N) is 3. The molecule has 0 fully saturated rings. The second kappa shape index (κ2) is 5.46. The number of aromatic nitrogens is 2. The van der Waals surface area contributed by atoms with Crippen molar-refractivity contribution >= 4 is 0 Å². The molecule has 1 aliphatic rings. The van der Waals surface area contributed by atoms with Crippen LogP contribution in [0.4, 0.5) is 0 Å². The number of allylic oxidation sites excluding steroid dienone is 1. The molecule has 0 amide bonds. The van der Waals surface area contributed by atoms with Gasteiger partial charge in [-0.1, -0.05) is 6.08 Å². The normalized spacial score (nSPS) is 13.8. The van der Waals surface area contributed by atoms with Crippen LogP contribution in [0.15, 0.2) is 18.9 Å². The highest BCUT2D eigenvalue weighted by Gasteiger charge is 2.17. The Bertz CT molecular complexity index is 339. The van der Waals surface area contributed by atoms with E-state index in [0.717, 1.165) is 18.8 Å². The molecule has 0 saturated carbocycles. The molecule has 0 atom stereocenters. The van der Waals surface area contributed by atoms with Gasteiger partial charge in [-0.3, -0.25) is 4.90 Å². The van der Waals surface area contributed by atoms with E-state index in [2.05, 4.69) is 28.5 Å². The van der Waals surface area contributed by atoms with Crippen molar-refractivity contribution in [3.8, 4) is 6.01 Å². The fraction of sp³-hybridized carbons (Fsp3) is 0.455. The molecule has 4 nitrogen and oxygen atoms in total. The lowest BCUT2D eigenvalue weighted by Gasteiger charge is -2.01. The third-order valence-electron chi connectivity index (χ3n) is 1.97. The van der Waals surface area contributed by atoms with Crippen molar-refractivity contribution in [3.05, 3.63) is 30.1 Å². The van der Waals surface area contributed by atoms with Gasteiger partial charge in [0.2, 0.25) is 0 Å². The van der Waals surface area contributed by atoms with Crippen molar-refractivity contribution in [2.75, 3.05) is 14.2 Å². The van der Waals surface area contributed by atoms with Gasteiger partial charge in [0.05, 0.1) is 12.8 Å². The summed E-state index contributed by atoms with van der Waals surface area (Å²) in [7, 11) is 3.65. The van der Waals surface area contributed by atoms with Crippen molar-refractivity contribution in [3.63, 3.8) is 0 Å². The molecule has 0 aromatic carbocycles. The highest BCUT2D eigenvalue weighted by molar-refractivity contribution is 5.22. The van der Waals surface area contributed by atoms with Crippen LogP contribution in [0.2, 0.25) is 0 Å². The minimum atomic E-state index is 0.462. The average molecular weight is 207 g/mol. The third-order valence-corrected chi connectivity index (χ3v) is 1.97. The van der Waals surface area contributed by atoms with Gasteiger partial charge in [0.25, 0.3) is 0 Å². The molecule has 0 radical (unpaired) electrons. The van der Waals surface area contributed by atoms with E-state index in [0.29, 0.717) is 6.01 Å². The Morgan fingerprint density at radius 2 is 2.20 bits per heavy atom. The Labute approximate surface area is 90.6 Å². The summed E-state index contributed by atoms with van der Waals surface area (Å²) in [5.74, 6) is 0. The van der Waals surface area contributed by atoms with Gasteiger partial charge in [-0.25, -0.2) is 4.98 Å². The molecule has 1 aromatic rings. The van der Waals surface area contributed by atoms with Crippen molar-refractivity contribution in [2.24, 2.45) is 0 Å². The van der Waals surface area contributed by atoms with Crippen LogP contribution in [0.25, 0.3) is 0 Å². The van der Waals surface area contributed by atoms with Crippen molar-refractivity contribution in [1.29, 1.82) is 0 Å². The Hall–Kier alpha value is -1.42. The fourth-order valence-corrected chi connectivity index (χ4v) is 1.39. The molecule has 1 aliphatic heterocycles. The molecule has 82 valence electrons. The Balaban J connectivity index is 0.000000337. The van der Waals surface area contributed by atoms with Crippen LogP contribution in [0.3, 0.4) is 0 Å². The summed E-state index contributed by atoms with van der Waals surface area (Å²) in [6, 6.07) is 0.462. The maximum Gasteiger partial charge on any atom is 0.316 e. The summed E-state index contributed by atoms with van der Waals surface area (Å²) in [5.41, 5.74) is 2.29. The van der Waals surface area contributed by atoms with Crippen LogP contribution in [-0.2, 0) is 13.1 Å². The predicted molar refractivity (Wildman–Crippen MR) is 59.6 cm³/mol. The summed E-state index contributed by atoms with van der Waals surface area (Å²) < 4.78 is 4.93. The first kappa shape index (κ1) is 11.7. The molecule has 2 rings (SSSR count). The quantitative estimate of drug-likeness (QED) is 0.656. The Morgan fingerprint density at radius 1 is 1.53 bits per heavy atom. The molecule has 2 heterocycles. The molecule has 0 unspecified atom stereocenters. The van der Waals surface area contributed by atoms with Gasteiger partial charge in [0, 0.05) is 24.8 Å². The predicted octanol–water partition coefficient (Wildman–Crippen LogP) is 1.62. The van der Waals surface area contributed by atoms with E-state index in [-0.39, 0.29) is 0 Å². The van der Waals surface area contributed by atoms with Gasteiger partial charge in [-0.15, -0.1) is 6.58 Å². The molecule has 0 N–H and O–H groups in total. The van der Waals surface area contributed by atoms with Crippen LogP contribution in [-0.4, -0.2) is 29.0 Å². The van der Waals surface area contributed by atoms with Gasteiger partial charge >= 0.3 is 6.01 Å². The lowest BCUT2D eigenvalue weighted by molar-refractivity contribution is 0.348. The second-order valence-electron chi connectivity index (χ2n) is 3.41. The summed E-state index contributed by atoms with van der Waals surface area (Å²) >= 11 is 0. The standard InChI is InChI=1S/C8H11N3O.C3H6/c1-11-4-6-3-9-8(12-2)10-7(6)5-11;1-3-2/h3H,4-5H2,1-2H3;3H,1H2,2H3. The third kappa shape index (κ3) is 3.02. The van der Waals surface area contributed by atoms with Crippen LogP contribution >= 0.6 is 0 Å². The number of hydrogen-bond acceptors (Lipinski definition) is 4. The van der Waals surface area contributed by atoms with Crippen LogP contribution < -0.4 is 4.74 Å². The largest absolute Gasteiger partial charge is 0.467 e. The summed E-state index contributed by atoms with van der Waals surface area (Å²) in [4.78, 5) is 10.5. The maximum absolute atomic E-state index is 4.93. The van der Waals surface area contributed by atoms with Crippen LogP contribution in [0.5, 0.6) is 6.01 Å². The molecule has 0 bridgehead atoms. The van der Waals surface area contributed by atoms with Crippen molar-refractivity contribution < 1.29 is 4.74 Å². The zero-order valence-corrected chi connectivity index (χ0v) is 9.53.